The van der Waals surface area contributed by atoms with E-state index in [0.717, 1.165) is 10.2 Å². The van der Waals surface area contributed by atoms with Crippen LogP contribution in [0.25, 0.3) is 10.2 Å². The Morgan fingerprint density at radius 1 is 1.10 bits per heavy atom. The van der Waals surface area contributed by atoms with Gasteiger partial charge in [0.15, 0.2) is 0 Å². The molecule has 6 nitrogen and oxygen atoms in total. The summed E-state index contributed by atoms with van der Waals surface area (Å²) in [5, 5.41) is 39.3. The topological polar surface area (TPSA) is 103 Å². The maximum Gasteiger partial charge on any atom is 0.138 e. The molecule has 20 heavy (non-hydrogen) atoms. The average Bonchev–Trinajstić information content (AvgIpc) is 2.89. The van der Waals surface area contributed by atoms with Crippen LogP contribution >= 0.6 is 11.3 Å². The highest BCUT2D eigenvalue weighted by Crippen LogP contribution is 2.36. The number of nitrogens with zero attached hydrogens (tertiary/aromatic N) is 1. The number of aliphatic hydroxyl groups excluding tert-OH is 4. The van der Waals surface area contributed by atoms with E-state index in [9.17, 15) is 20.4 Å². The number of aromatic nitrogens is 1. The molecule has 1 saturated heterocycles. The molecule has 0 aliphatic carbocycles. The Morgan fingerprint density at radius 2 is 1.85 bits per heavy atom. The van der Waals surface area contributed by atoms with E-state index in [-0.39, 0.29) is 0 Å². The monoisotopic (exact) mass is 297 g/mol. The number of para-hydroxylation sites is 1. The molecule has 0 saturated carbocycles. The fourth-order valence-electron chi connectivity index (χ4n) is 2.32. The third kappa shape index (κ3) is 2.22. The zero-order valence-electron chi connectivity index (χ0n) is 10.5. The molecule has 1 aromatic heterocycles. The summed E-state index contributed by atoms with van der Waals surface area (Å²) in [5.41, 5.74) is 0.782. The van der Waals surface area contributed by atoms with Gasteiger partial charge in [-0.2, -0.15) is 0 Å². The molecule has 0 unspecified atom stereocenters. The molecule has 108 valence electrons. The van der Waals surface area contributed by atoms with Crippen molar-refractivity contribution in [1.29, 1.82) is 0 Å². The fourth-order valence-corrected chi connectivity index (χ4v) is 3.36. The van der Waals surface area contributed by atoms with E-state index in [0.29, 0.717) is 5.01 Å². The van der Waals surface area contributed by atoms with Gasteiger partial charge in [-0.25, -0.2) is 4.98 Å². The van der Waals surface area contributed by atoms with Gasteiger partial charge in [0.25, 0.3) is 0 Å². The van der Waals surface area contributed by atoms with Crippen molar-refractivity contribution >= 4 is 21.6 Å². The van der Waals surface area contributed by atoms with Gasteiger partial charge >= 0.3 is 0 Å². The number of ether oxygens (including phenoxy) is 1. The first-order valence-electron chi connectivity index (χ1n) is 6.28. The van der Waals surface area contributed by atoms with Crippen molar-refractivity contribution < 1.29 is 25.2 Å². The second-order valence-corrected chi connectivity index (χ2v) is 5.83. The highest BCUT2D eigenvalue weighted by molar-refractivity contribution is 7.18. The Hall–Kier alpha value is -1.09. The van der Waals surface area contributed by atoms with E-state index < -0.39 is 37.1 Å². The second-order valence-electron chi connectivity index (χ2n) is 4.77. The summed E-state index contributed by atoms with van der Waals surface area (Å²) in [6.45, 7) is -0.438. The van der Waals surface area contributed by atoms with Crippen LogP contribution in [0.5, 0.6) is 0 Å². The van der Waals surface area contributed by atoms with Gasteiger partial charge in [0.05, 0.1) is 16.8 Å². The number of aliphatic hydroxyl groups is 4. The van der Waals surface area contributed by atoms with E-state index >= 15 is 0 Å². The lowest BCUT2D eigenvalue weighted by atomic mass is 9.95. The van der Waals surface area contributed by atoms with Gasteiger partial charge in [0.2, 0.25) is 0 Å². The summed E-state index contributed by atoms with van der Waals surface area (Å²) >= 11 is 1.35. The lowest BCUT2D eigenvalue weighted by Crippen LogP contribution is -2.55. The van der Waals surface area contributed by atoms with Crippen molar-refractivity contribution in [1.82, 2.24) is 4.98 Å². The highest BCUT2D eigenvalue weighted by atomic mass is 32.1. The first-order valence-corrected chi connectivity index (χ1v) is 7.09. The standard InChI is InChI=1S/C13H15NO5S/c15-5-7-9(16)10(17)11(18)12(19-7)13-14-6-3-1-2-4-8(6)20-13/h1-4,7,9-12,15-18H,5H2/t7-,9-,10+,11-,12-/m1/s1. The van der Waals surface area contributed by atoms with Crippen molar-refractivity contribution in [3.05, 3.63) is 29.3 Å². The predicted octanol–water partition coefficient (Wildman–Crippen LogP) is -0.189. The molecule has 1 fully saturated rings. The van der Waals surface area contributed by atoms with Gasteiger partial charge in [0, 0.05) is 0 Å². The molecular weight excluding hydrogens is 282 g/mol. The maximum atomic E-state index is 10.0. The number of fused-ring (bicyclic) bond motifs is 1. The Bertz CT molecular complexity index is 568. The molecule has 1 aliphatic heterocycles. The van der Waals surface area contributed by atoms with Crippen molar-refractivity contribution in [2.75, 3.05) is 6.61 Å². The van der Waals surface area contributed by atoms with Crippen LogP contribution in [-0.2, 0) is 4.74 Å². The smallest absolute Gasteiger partial charge is 0.138 e. The minimum atomic E-state index is -1.38. The van der Waals surface area contributed by atoms with Crippen LogP contribution < -0.4 is 0 Å². The van der Waals surface area contributed by atoms with Crippen LogP contribution in [0.15, 0.2) is 24.3 Å². The molecule has 0 spiro atoms. The predicted molar refractivity (Wildman–Crippen MR) is 72.3 cm³/mol. The van der Waals surface area contributed by atoms with Crippen LogP contribution in [0.4, 0.5) is 0 Å². The fraction of sp³-hybridized carbons (Fsp3) is 0.462. The molecule has 1 aliphatic rings. The molecule has 1 aromatic carbocycles. The summed E-state index contributed by atoms with van der Waals surface area (Å²) in [6.07, 6.45) is -5.78. The molecule has 5 atom stereocenters. The van der Waals surface area contributed by atoms with Gasteiger partial charge in [-0.05, 0) is 12.1 Å². The molecule has 3 rings (SSSR count). The molecular formula is C13H15NO5S. The van der Waals surface area contributed by atoms with Gasteiger partial charge < -0.3 is 25.2 Å². The van der Waals surface area contributed by atoms with Crippen molar-refractivity contribution in [3.63, 3.8) is 0 Å². The molecule has 7 heteroatoms. The number of thiazole rings is 1. The van der Waals surface area contributed by atoms with Gasteiger partial charge in [-0.1, -0.05) is 12.1 Å². The van der Waals surface area contributed by atoms with E-state index in [1.807, 2.05) is 24.3 Å². The van der Waals surface area contributed by atoms with Gasteiger partial charge in [0.1, 0.15) is 35.5 Å². The van der Waals surface area contributed by atoms with Crippen molar-refractivity contribution in [2.45, 2.75) is 30.5 Å². The summed E-state index contributed by atoms with van der Waals surface area (Å²) in [7, 11) is 0. The van der Waals surface area contributed by atoms with Gasteiger partial charge in [-0.15, -0.1) is 11.3 Å². The third-order valence-corrected chi connectivity index (χ3v) is 4.54. The normalized spacial score (nSPS) is 34.5. The second kappa shape index (κ2) is 5.36. The quantitative estimate of drug-likeness (QED) is 0.613. The number of benzene rings is 1. The Morgan fingerprint density at radius 3 is 2.55 bits per heavy atom. The Kier molecular flexibility index (Phi) is 3.72. The minimum absolute atomic E-state index is 0.438. The van der Waals surface area contributed by atoms with Crippen molar-refractivity contribution in [2.24, 2.45) is 0 Å². The SMILES string of the molecule is OC[C@H]1O[C@@H](c2nc3ccccc3s2)[C@H](O)[C@@H](O)[C@@H]1O. The largest absolute Gasteiger partial charge is 0.394 e. The highest BCUT2D eigenvalue weighted by Gasteiger charge is 2.45. The maximum absolute atomic E-state index is 10.0. The van der Waals surface area contributed by atoms with E-state index in [4.69, 9.17) is 4.74 Å². The third-order valence-electron chi connectivity index (χ3n) is 3.45. The van der Waals surface area contributed by atoms with Gasteiger partial charge in [-0.3, -0.25) is 0 Å². The van der Waals surface area contributed by atoms with Crippen LogP contribution in [0.1, 0.15) is 11.1 Å². The summed E-state index contributed by atoms with van der Waals surface area (Å²) < 4.78 is 6.43. The lowest BCUT2D eigenvalue weighted by molar-refractivity contribution is -0.231. The van der Waals surface area contributed by atoms with Crippen LogP contribution in [-0.4, -0.2) is 56.4 Å². The molecule has 2 heterocycles. The summed E-state index contributed by atoms with van der Waals surface area (Å²) in [5.74, 6) is 0. The molecule has 2 aromatic rings. The number of rotatable bonds is 2. The number of hydrogen-bond acceptors (Lipinski definition) is 7. The lowest BCUT2D eigenvalue weighted by Gasteiger charge is -2.39. The van der Waals surface area contributed by atoms with Crippen LogP contribution in [0, 0.1) is 0 Å². The zero-order chi connectivity index (χ0) is 14.3. The van der Waals surface area contributed by atoms with Crippen LogP contribution in [0.2, 0.25) is 0 Å². The molecule has 4 N–H and O–H groups in total. The first kappa shape index (κ1) is 13.9. The summed E-state index contributed by atoms with van der Waals surface area (Å²) in [4.78, 5) is 4.37. The van der Waals surface area contributed by atoms with E-state index in [1.54, 1.807) is 0 Å². The zero-order valence-corrected chi connectivity index (χ0v) is 11.3. The Labute approximate surface area is 118 Å². The van der Waals surface area contributed by atoms with E-state index in [1.165, 1.54) is 11.3 Å². The van der Waals surface area contributed by atoms with E-state index in [2.05, 4.69) is 4.98 Å². The van der Waals surface area contributed by atoms with Crippen LogP contribution in [0.3, 0.4) is 0 Å². The molecule has 0 radical (unpaired) electrons. The summed E-state index contributed by atoms with van der Waals surface area (Å²) in [6, 6.07) is 7.50. The molecule has 0 bridgehead atoms. The van der Waals surface area contributed by atoms with Crippen molar-refractivity contribution in [3.8, 4) is 0 Å². The minimum Gasteiger partial charge on any atom is -0.394 e. The number of hydrogen-bond donors (Lipinski definition) is 4. The first-order chi connectivity index (χ1) is 9.61. The Balaban J connectivity index is 1.95. The molecule has 0 amide bonds. The average molecular weight is 297 g/mol.